The molecule has 2 aromatic rings. The second kappa shape index (κ2) is 7.83. The fourth-order valence-electron chi connectivity index (χ4n) is 2.63. The molecular formula is C20H24N2O3. The molecule has 0 aliphatic heterocycles. The number of ketones is 1. The Balaban J connectivity index is 2.43. The molecule has 0 fully saturated rings. The Morgan fingerprint density at radius 2 is 1.68 bits per heavy atom. The molecule has 5 nitrogen and oxygen atoms in total. The van der Waals surface area contributed by atoms with Gasteiger partial charge in [-0.25, -0.2) is 0 Å². The lowest BCUT2D eigenvalue weighted by Gasteiger charge is -2.14. The van der Waals surface area contributed by atoms with Crippen LogP contribution < -0.4 is 11.5 Å². The third kappa shape index (κ3) is 4.18. The lowest BCUT2D eigenvalue weighted by Crippen LogP contribution is -2.15. The van der Waals surface area contributed by atoms with Gasteiger partial charge in [-0.1, -0.05) is 44.2 Å². The van der Waals surface area contributed by atoms with Gasteiger partial charge in [-0.15, -0.1) is 0 Å². The van der Waals surface area contributed by atoms with E-state index in [2.05, 4.69) is 13.8 Å². The zero-order chi connectivity index (χ0) is 18.6. The number of anilines is 2. The van der Waals surface area contributed by atoms with Crippen LogP contribution in [0.15, 0.2) is 36.4 Å². The molecule has 25 heavy (non-hydrogen) atoms. The molecule has 132 valence electrons. The first-order valence-electron chi connectivity index (χ1n) is 8.32. The predicted octanol–water partition coefficient (Wildman–Crippen LogP) is 3.31. The summed E-state index contributed by atoms with van der Waals surface area (Å²) in [6.45, 7) is 6.19. The van der Waals surface area contributed by atoms with Gasteiger partial charge in [0.2, 0.25) is 0 Å². The van der Waals surface area contributed by atoms with Crippen molar-refractivity contribution < 1.29 is 14.3 Å². The zero-order valence-corrected chi connectivity index (χ0v) is 14.8. The fraction of sp³-hybridized carbons (Fsp3) is 0.300. The molecule has 0 amide bonds. The third-order valence-electron chi connectivity index (χ3n) is 4.07. The molecule has 0 unspecified atom stereocenters. The molecule has 2 rings (SSSR count). The van der Waals surface area contributed by atoms with Crippen LogP contribution in [0.4, 0.5) is 11.4 Å². The molecule has 5 heteroatoms. The number of carbonyl (C=O) groups is 2. The summed E-state index contributed by atoms with van der Waals surface area (Å²) in [6, 6.07) is 10.6. The number of benzene rings is 2. The van der Waals surface area contributed by atoms with Crippen molar-refractivity contribution in [1.82, 2.24) is 0 Å². The SMILES string of the molecule is CCOC(=O)Cc1ccc(N)c(N)c1C(=O)c1ccc(C(C)C)cc1. The van der Waals surface area contributed by atoms with Crippen molar-refractivity contribution in [3.63, 3.8) is 0 Å². The van der Waals surface area contributed by atoms with Crippen molar-refractivity contribution in [2.75, 3.05) is 18.1 Å². The highest BCUT2D eigenvalue weighted by Crippen LogP contribution is 2.28. The first-order valence-corrected chi connectivity index (χ1v) is 8.32. The second-order valence-electron chi connectivity index (χ2n) is 6.19. The van der Waals surface area contributed by atoms with Crippen molar-refractivity contribution in [1.29, 1.82) is 0 Å². The van der Waals surface area contributed by atoms with Gasteiger partial charge in [-0.2, -0.15) is 0 Å². The average molecular weight is 340 g/mol. The first kappa shape index (κ1) is 18.5. The highest BCUT2D eigenvalue weighted by atomic mass is 16.5. The molecule has 0 saturated heterocycles. The number of carbonyl (C=O) groups excluding carboxylic acids is 2. The van der Waals surface area contributed by atoms with E-state index in [1.165, 1.54) is 0 Å². The van der Waals surface area contributed by atoms with Crippen molar-refractivity contribution in [3.05, 3.63) is 58.7 Å². The summed E-state index contributed by atoms with van der Waals surface area (Å²) in [4.78, 5) is 24.8. The van der Waals surface area contributed by atoms with Gasteiger partial charge in [-0.3, -0.25) is 9.59 Å². The molecule has 0 atom stereocenters. The molecule has 2 aromatic carbocycles. The topological polar surface area (TPSA) is 95.4 Å². The van der Waals surface area contributed by atoms with E-state index in [1.54, 1.807) is 31.2 Å². The maximum absolute atomic E-state index is 13.0. The van der Waals surface area contributed by atoms with Gasteiger partial charge >= 0.3 is 5.97 Å². The standard InChI is InChI=1S/C20H24N2O3/c1-4-25-17(23)11-15-9-10-16(21)19(22)18(15)20(24)14-7-5-13(6-8-14)12(2)3/h5-10,12H,4,11,21-22H2,1-3H3. The number of nitrogens with two attached hydrogens (primary N) is 2. The van der Waals surface area contributed by atoms with Crippen LogP contribution in [0.1, 0.15) is 53.7 Å². The van der Waals surface area contributed by atoms with Crippen molar-refractivity contribution in [3.8, 4) is 0 Å². The molecule has 0 bridgehead atoms. The molecular weight excluding hydrogens is 316 g/mol. The van der Waals surface area contributed by atoms with Crippen LogP contribution in [-0.2, 0) is 16.0 Å². The normalized spacial score (nSPS) is 10.7. The van der Waals surface area contributed by atoms with Crippen molar-refractivity contribution >= 4 is 23.1 Å². The number of hydrogen-bond donors (Lipinski definition) is 2. The molecule has 0 aromatic heterocycles. The Morgan fingerprint density at radius 3 is 2.24 bits per heavy atom. The zero-order valence-electron chi connectivity index (χ0n) is 14.8. The van der Waals surface area contributed by atoms with Gasteiger partial charge in [0.25, 0.3) is 0 Å². The minimum absolute atomic E-state index is 0.0243. The quantitative estimate of drug-likeness (QED) is 0.478. The van der Waals surface area contributed by atoms with E-state index in [4.69, 9.17) is 16.2 Å². The maximum atomic E-state index is 13.0. The summed E-state index contributed by atoms with van der Waals surface area (Å²) in [6.07, 6.45) is -0.0243. The van der Waals surface area contributed by atoms with E-state index in [0.717, 1.165) is 5.56 Å². The van der Waals surface area contributed by atoms with E-state index >= 15 is 0 Å². The summed E-state index contributed by atoms with van der Waals surface area (Å²) in [5.74, 6) is -0.281. The van der Waals surface area contributed by atoms with Gasteiger partial charge < -0.3 is 16.2 Å². The Bertz CT molecular complexity index is 780. The van der Waals surface area contributed by atoms with Gasteiger partial charge in [0.15, 0.2) is 5.78 Å². The number of nitrogen functional groups attached to an aromatic ring is 2. The van der Waals surface area contributed by atoms with Gasteiger partial charge in [0.1, 0.15) is 0 Å². The lowest BCUT2D eigenvalue weighted by molar-refractivity contribution is -0.142. The Labute approximate surface area is 148 Å². The van der Waals surface area contributed by atoms with Gasteiger partial charge in [0, 0.05) is 5.56 Å². The van der Waals surface area contributed by atoms with Crippen LogP contribution in [0.5, 0.6) is 0 Å². The van der Waals surface area contributed by atoms with E-state index in [-0.39, 0.29) is 30.1 Å². The maximum Gasteiger partial charge on any atom is 0.310 e. The van der Waals surface area contributed by atoms with E-state index in [1.807, 2.05) is 12.1 Å². The van der Waals surface area contributed by atoms with Gasteiger partial charge in [0.05, 0.1) is 30.0 Å². The smallest absolute Gasteiger partial charge is 0.310 e. The van der Waals surface area contributed by atoms with Crippen LogP contribution in [0.25, 0.3) is 0 Å². The number of rotatable bonds is 6. The number of ether oxygens (including phenoxy) is 1. The monoisotopic (exact) mass is 340 g/mol. The fourth-order valence-corrected chi connectivity index (χ4v) is 2.63. The van der Waals surface area contributed by atoms with Crippen molar-refractivity contribution in [2.24, 2.45) is 0 Å². The molecule has 0 heterocycles. The Kier molecular flexibility index (Phi) is 5.80. The highest BCUT2D eigenvalue weighted by Gasteiger charge is 2.21. The summed E-state index contributed by atoms with van der Waals surface area (Å²) >= 11 is 0. The summed E-state index contributed by atoms with van der Waals surface area (Å²) < 4.78 is 4.98. The Morgan fingerprint density at radius 1 is 1.04 bits per heavy atom. The first-order chi connectivity index (χ1) is 11.8. The predicted molar refractivity (Wildman–Crippen MR) is 99.6 cm³/mol. The van der Waals surface area contributed by atoms with Crippen LogP contribution >= 0.6 is 0 Å². The average Bonchev–Trinajstić information content (AvgIpc) is 2.58. The lowest BCUT2D eigenvalue weighted by atomic mass is 9.93. The van der Waals surface area contributed by atoms with Crippen LogP contribution in [0, 0.1) is 0 Å². The van der Waals surface area contributed by atoms with Crippen LogP contribution in [0.2, 0.25) is 0 Å². The summed E-state index contributed by atoms with van der Waals surface area (Å²) in [5, 5.41) is 0. The van der Waals surface area contributed by atoms with E-state index < -0.39 is 5.97 Å². The van der Waals surface area contributed by atoms with E-state index in [9.17, 15) is 9.59 Å². The van der Waals surface area contributed by atoms with Crippen LogP contribution in [-0.4, -0.2) is 18.4 Å². The Hall–Kier alpha value is -2.82. The molecule has 0 radical (unpaired) electrons. The molecule has 4 N–H and O–H groups in total. The molecule has 0 aliphatic rings. The van der Waals surface area contributed by atoms with E-state index in [0.29, 0.717) is 22.7 Å². The third-order valence-corrected chi connectivity index (χ3v) is 4.07. The summed E-state index contributed by atoms with van der Waals surface area (Å²) in [5.41, 5.74) is 14.9. The minimum Gasteiger partial charge on any atom is -0.466 e. The molecule has 0 spiro atoms. The van der Waals surface area contributed by atoms with Crippen molar-refractivity contribution in [2.45, 2.75) is 33.1 Å². The minimum atomic E-state index is -0.407. The molecule has 0 saturated carbocycles. The largest absolute Gasteiger partial charge is 0.466 e. The highest BCUT2D eigenvalue weighted by molar-refractivity contribution is 6.14. The number of esters is 1. The summed E-state index contributed by atoms with van der Waals surface area (Å²) in [7, 11) is 0. The van der Waals surface area contributed by atoms with Crippen LogP contribution in [0.3, 0.4) is 0 Å². The second-order valence-corrected chi connectivity index (χ2v) is 6.19. The van der Waals surface area contributed by atoms with Gasteiger partial charge in [-0.05, 0) is 30.0 Å². The molecule has 0 aliphatic carbocycles. The number of hydrogen-bond acceptors (Lipinski definition) is 5.